The number of carboxylic acids is 1. The molecular formula is C14H16N2O4. The Kier molecular flexibility index (Phi) is 4.24. The number of benzene rings is 1. The number of carbonyl (C=O) groups is 1. The summed E-state index contributed by atoms with van der Waals surface area (Å²) in [5.74, 6) is -0.428. The Hall–Kier alpha value is -2.50. The summed E-state index contributed by atoms with van der Waals surface area (Å²) in [7, 11) is 1.48. The molecule has 1 heterocycles. The van der Waals surface area contributed by atoms with Gasteiger partial charge in [0.05, 0.1) is 13.3 Å². The summed E-state index contributed by atoms with van der Waals surface area (Å²) >= 11 is 0. The summed E-state index contributed by atoms with van der Waals surface area (Å²) in [5.41, 5.74) is 0.946. The van der Waals surface area contributed by atoms with E-state index in [0.29, 0.717) is 5.75 Å². The van der Waals surface area contributed by atoms with Crippen molar-refractivity contribution in [3.05, 3.63) is 41.7 Å². The van der Waals surface area contributed by atoms with Gasteiger partial charge in [0.1, 0.15) is 12.2 Å². The Balaban J connectivity index is 2.21. The molecular weight excluding hydrogens is 260 g/mol. The summed E-state index contributed by atoms with van der Waals surface area (Å²) in [4.78, 5) is 11.2. The van der Waals surface area contributed by atoms with Crippen molar-refractivity contribution in [1.29, 1.82) is 0 Å². The van der Waals surface area contributed by atoms with Crippen LogP contribution in [0.2, 0.25) is 0 Å². The predicted molar refractivity (Wildman–Crippen MR) is 72.2 cm³/mol. The number of hydrogen-bond acceptors (Lipinski definition) is 4. The first-order valence-corrected chi connectivity index (χ1v) is 6.20. The molecule has 0 aliphatic carbocycles. The molecule has 0 spiro atoms. The molecule has 6 heteroatoms. The van der Waals surface area contributed by atoms with Gasteiger partial charge >= 0.3 is 5.97 Å². The molecule has 0 atom stereocenters. The third-order valence-corrected chi connectivity index (χ3v) is 2.82. The van der Waals surface area contributed by atoms with Gasteiger partial charge in [0, 0.05) is 18.3 Å². The molecule has 6 nitrogen and oxygen atoms in total. The molecule has 0 aliphatic rings. The summed E-state index contributed by atoms with van der Waals surface area (Å²) in [6.07, 6.45) is 3.55. The van der Waals surface area contributed by atoms with Crippen molar-refractivity contribution < 1.29 is 19.4 Å². The molecule has 0 unspecified atom stereocenters. The lowest BCUT2D eigenvalue weighted by molar-refractivity contribution is 0.0691. The van der Waals surface area contributed by atoms with E-state index in [-0.39, 0.29) is 17.9 Å². The van der Waals surface area contributed by atoms with E-state index in [1.807, 2.05) is 13.1 Å². The fourth-order valence-electron chi connectivity index (χ4n) is 1.80. The molecule has 0 radical (unpaired) electrons. The second-order valence-corrected chi connectivity index (χ2v) is 4.14. The molecule has 106 valence electrons. The van der Waals surface area contributed by atoms with Gasteiger partial charge in [0.25, 0.3) is 0 Å². The minimum absolute atomic E-state index is 0.0761. The molecule has 0 aliphatic heterocycles. The van der Waals surface area contributed by atoms with Gasteiger partial charge in [0.2, 0.25) is 0 Å². The van der Waals surface area contributed by atoms with E-state index in [1.165, 1.54) is 13.2 Å². The Morgan fingerprint density at radius 1 is 1.45 bits per heavy atom. The molecule has 0 amide bonds. The number of nitrogens with zero attached hydrogens (tertiary/aromatic N) is 2. The van der Waals surface area contributed by atoms with Gasteiger partial charge < -0.3 is 14.6 Å². The highest BCUT2D eigenvalue weighted by Crippen LogP contribution is 2.31. The van der Waals surface area contributed by atoms with E-state index < -0.39 is 5.97 Å². The second kappa shape index (κ2) is 6.10. The standard InChI is InChI=1S/C14H16N2O4/c1-3-16-8-10(7-15-16)9-20-13-11(14(17)18)5-4-6-12(13)19-2/h4-8H,3,9H2,1-2H3,(H,17,18). The van der Waals surface area contributed by atoms with E-state index >= 15 is 0 Å². The van der Waals surface area contributed by atoms with Crippen molar-refractivity contribution in [3.63, 3.8) is 0 Å². The molecule has 2 rings (SSSR count). The number of ether oxygens (including phenoxy) is 2. The van der Waals surface area contributed by atoms with E-state index in [9.17, 15) is 9.90 Å². The normalized spacial score (nSPS) is 10.3. The summed E-state index contributed by atoms with van der Waals surface area (Å²) in [5, 5.41) is 13.3. The Labute approximate surface area is 116 Å². The van der Waals surface area contributed by atoms with Gasteiger partial charge in [0.15, 0.2) is 11.5 Å². The molecule has 2 aromatic rings. The van der Waals surface area contributed by atoms with Crippen LogP contribution >= 0.6 is 0 Å². The maximum atomic E-state index is 11.2. The van der Waals surface area contributed by atoms with Crippen LogP contribution in [0.3, 0.4) is 0 Å². The highest BCUT2D eigenvalue weighted by atomic mass is 16.5. The van der Waals surface area contributed by atoms with Crippen LogP contribution in [0.15, 0.2) is 30.6 Å². The zero-order chi connectivity index (χ0) is 14.5. The van der Waals surface area contributed by atoms with Gasteiger partial charge in [-0.05, 0) is 19.1 Å². The highest BCUT2D eigenvalue weighted by molar-refractivity contribution is 5.92. The van der Waals surface area contributed by atoms with Gasteiger partial charge in [-0.15, -0.1) is 0 Å². The topological polar surface area (TPSA) is 73.6 Å². The Morgan fingerprint density at radius 3 is 2.85 bits per heavy atom. The van der Waals surface area contributed by atoms with Crippen LogP contribution in [-0.4, -0.2) is 28.0 Å². The van der Waals surface area contributed by atoms with Crippen molar-refractivity contribution >= 4 is 5.97 Å². The molecule has 1 aromatic heterocycles. The van der Waals surface area contributed by atoms with Crippen molar-refractivity contribution in [2.75, 3.05) is 7.11 Å². The third-order valence-electron chi connectivity index (χ3n) is 2.82. The van der Waals surface area contributed by atoms with Crippen molar-refractivity contribution in [3.8, 4) is 11.5 Å². The number of hydrogen-bond donors (Lipinski definition) is 1. The van der Waals surface area contributed by atoms with Gasteiger partial charge in [-0.25, -0.2) is 4.79 Å². The highest BCUT2D eigenvalue weighted by Gasteiger charge is 2.16. The van der Waals surface area contributed by atoms with Crippen LogP contribution < -0.4 is 9.47 Å². The van der Waals surface area contributed by atoms with Gasteiger partial charge in [-0.2, -0.15) is 5.10 Å². The van der Waals surface area contributed by atoms with Crippen LogP contribution in [0.1, 0.15) is 22.8 Å². The SMILES string of the molecule is CCn1cc(COc2c(OC)cccc2C(=O)O)cn1. The van der Waals surface area contributed by atoms with Crippen LogP contribution in [-0.2, 0) is 13.2 Å². The largest absolute Gasteiger partial charge is 0.493 e. The number of carboxylic acid groups (broad SMARTS) is 1. The van der Waals surface area contributed by atoms with Crippen molar-refractivity contribution in [2.45, 2.75) is 20.1 Å². The number of aromatic carboxylic acids is 1. The molecule has 1 N–H and O–H groups in total. The van der Waals surface area contributed by atoms with E-state index in [2.05, 4.69) is 5.10 Å². The number of methoxy groups -OCH3 is 1. The molecule has 0 saturated carbocycles. The van der Waals surface area contributed by atoms with E-state index in [4.69, 9.17) is 9.47 Å². The second-order valence-electron chi connectivity index (χ2n) is 4.14. The lowest BCUT2D eigenvalue weighted by Gasteiger charge is -2.12. The van der Waals surface area contributed by atoms with Crippen LogP contribution in [0.25, 0.3) is 0 Å². The maximum absolute atomic E-state index is 11.2. The zero-order valence-electron chi connectivity index (χ0n) is 11.4. The molecule has 0 fully saturated rings. The Morgan fingerprint density at radius 2 is 2.25 bits per heavy atom. The van der Waals surface area contributed by atoms with Crippen LogP contribution in [0, 0.1) is 0 Å². The quantitative estimate of drug-likeness (QED) is 0.875. The van der Waals surface area contributed by atoms with Crippen LogP contribution in [0.4, 0.5) is 0 Å². The predicted octanol–water partition coefficient (Wildman–Crippen LogP) is 2.19. The lowest BCUT2D eigenvalue weighted by atomic mass is 10.2. The minimum Gasteiger partial charge on any atom is -0.493 e. The number of aryl methyl sites for hydroxylation is 1. The first-order valence-electron chi connectivity index (χ1n) is 6.20. The average Bonchev–Trinajstić information content (AvgIpc) is 2.92. The fraction of sp³-hybridized carbons (Fsp3) is 0.286. The first kappa shape index (κ1) is 13.9. The molecule has 1 aromatic carbocycles. The summed E-state index contributed by atoms with van der Waals surface area (Å²) in [6, 6.07) is 4.76. The third kappa shape index (κ3) is 2.90. The molecule has 20 heavy (non-hydrogen) atoms. The smallest absolute Gasteiger partial charge is 0.339 e. The lowest BCUT2D eigenvalue weighted by Crippen LogP contribution is -2.05. The number of para-hydroxylation sites is 1. The molecule has 0 bridgehead atoms. The summed E-state index contributed by atoms with van der Waals surface area (Å²) in [6.45, 7) is 3.00. The monoisotopic (exact) mass is 276 g/mol. The van der Waals surface area contributed by atoms with Crippen LogP contribution in [0.5, 0.6) is 11.5 Å². The van der Waals surface area contributed by atoms with E-state index in [1.54, 1.807) is 23.0 Å². The van der Waals surface area contributed by atoms with Crippen molar-refractivity contribution in [1.82, 2.24) is 9.78 Å². The van der Waals surface area contributed by atoms with Gasteiger partial charge in [-0.3, -0.25) is 4.68 Å². The van der Waals surface area contributed by atoms with Crippen molar-refractivity contribution in [2.24, 2.45) is 0 Å². The van der Waals surface area contributed by atoms with E-state index in [0.717, 1.165) is 12.1 Å². The fourth-order valence-corrected chi connectivity index (χ4v) is 1.80. The summed E-state index contributed by atoms with van der Waals surface area (Å²) < 4.78 is 12.5. The average molecular weight is 276 g/mol. The van der Waals surface area contributed by atoms with Gasteiger partial charge in [-0.1, -0.05) is 6.07 Å². The molecule has 0 saturated heterocycles. The Bertz CT molecular complexity index is 607. The first-order chi connectivity index (χ1) is 9.65. The number of aromatic nitrogens is 2. The maximum Gasteiger partial charge on any atom is 0.339 e. The zero-order valence-corrected chi connectivity index (χ0v) is 11.4. The minimum atomic E-state index is -1.05. The number of rotatable bonds is 6.